The Labute approximate surface area is 185 Å². The highest BCUT2D eigenvalue weighted by molar-refractivity contribution is 5.95. The summed E-state index contributed by atoms with van der Waals surface area (Å²) in [5.74, 6) is 0.862. The van der Waals surface area contributed by atoms with Gasteiger partial charge < -0.3 is 20.7 Å². The van der Waals surface area contributed by atoms with Crippen LogP contribution < -0.4 is 16.0 Å². The zero-order valence-corrected chi connectivity index (χ0v) is 18.8. The Kier molecular flexibility index (Phi) is 8.47. The molecule has 3 N–H and O–H groups in total. The Hall–Kier alpha value is -2.86. The highest BCUT2D eigenvalue weighted by atomic mass is 16.5. The largest absolute Gasteiger partial charge is 0.373 e. The summed E-state index contributed by atoms with van der Waals surface area (Å²) >= 11 is 0. The number of aryl methyl sites for hydroxylation is 2. The van der Waals surface area contributed by atoms with Crippen LogP contribution in [0.5, 0.6) is 0 Å². The summed E-state index contributed by atoms with van der Waals surface area (Å²) in [6.07, 6.45) is 3.16. The summed E-state index contributed by atoms with van der Waals surface area (Å²) in [5.41, 5.74) is 4.47. The lowest BCUT2D eigenvalue weighted by Gasteiger charge is -2.32. The first-order chi connectivity index (χ1) is 15.1. The lowest BCUT2D eigenvalue weighted by Crippen LogP contribution is -2.44. The molecule has 1 aliphatic heterocycles. The van der Waals surface area contributed by atoms with Gasteiger partial charge in [-0.15, -0.1) is 0 Å². The first-order valence-electron chi connectivity index (χ1n) is 11.1. The fraction of sp³-hybridized carbons (Fsp3) is 0.440. The maximum atomic E-state index is 12.3. The maximum absolute atomic E-state index is 12.3. The third-order valence-electron chi connectivity index (χ3n) is 5.64. The number of benzene rings is 2. The molecule has 2 aromatic carbocycles. The minimum absolute atomic E-state index is 0.0779. The van der Waals surface area contributed by atoms with Gasteiger partial charge in [0, 0.05) is 31.8 Å². The van der Waals surface area contributed by atoms with Crippen molar-refractivity contribution in [3.63, 3.8) is 0 Å². The third kappa shape index (κ3) is 6.82. The summed E-state index contributed by atoms with van der Waals surface area (Å²) in [4.78, 5) is 16.6. The molecule has 1 amide bonds. The van der Waals surface area contributed by atoms with Crippen molar-refractivity contribution in [2.75, 3.05) is 32.1 Å². The predicted molar refractivity (Wildman–Crippen MR) is 126 cm³/mol. The Morgan fingerprint density at radius 3 is 2.71 bits per heavy atom. The fourth-order valence-corrected chi connectivity index (χ4v) is 3.86. The van der Waals surface area contributed by atoms with Crippen LogP contribution in [0.2, 0.25) is 0 Å². The van der Waals surface area contributed by atoms with E-state index >= 15 is 0 Å². The lowest BCUT2D eigenvalue weighted by molar-refractivity contribution is -0.115. The van der Waals surface area contributed by atoms with Gasteiger partial charge >= 0.3 is 0 Å². The van der Waals surface area contributed by atoms with Gasteiger partial charge in [0.1, 0.15) is 0 Å². The molecule has 0 aliphatic carbocycles. The lowest BCUT2D eigenvalue weighted by atomic mass is 9.89. The average molecular weight is 423 g/mol. The SMILES string of the molecule is CCc1cccc(NC(=O)CNC(=NC)NCC2CCCOC2c2ccc(C)cc2)c1. The second-order valence-corrected chi connectivity index (χ2v) is 8.01. The van der Waals surface area contributed by atoms with E-state index in [4.69, 9.17) is 4.74 Å². The number of hydrogen-bond acceptors (Lipinski definition) is 3. The Morgan fingerprint density at radius 1 is 1.16 bits per heavy atom. The van der Waals surface area contributed by atoms with Crippen LogP contribution in [0.3, 0.4) is 0 Å². The maximum Gasteiger partial charge on any atom is 0.243 e. The van der Waals surface area contributed by atoms with Crippen molar-refractivity contribution in [2.45, 2.75) is 39.2 Å². The van der Waals surface area contributed by atoms with Gasteiger partial charge in [0.25, 0.3) is 0 Å². The van der Waals surface area contributed by atoms with Gasteiger partial charge in [-0.25, -0.2) is 0 Å². The van der Waals surface area contributed by atoms with Crippen molar-refractivity contribution in [1.29, 1.82) is 0 Å². The Bertz CT molecular complexity index is 879. The molecule has 6 nitrogen and oxygen atoms in total. The molecule has 0 bridgehead atoms. The first kappa shape index (κ1) is 22.8. The molecule has 0 aromatic heterocycles. The van der Waals surface area contributed by atoms with Crippen LogP contribution in [-0.2, 0) is 16.0 Å². The number of ether oxygens (including phenoxy) is 1. The second kappa shape index (κ2) is 11.5. The standard InChI is InChI=1S/C25H34N4O2/c1-4-19-7-5-9-22(15-19)29-23(30)17-28-25(26-3)27-16-21-8-6-14-31-24(21)20-12-10-18(2)11-13-20/h5,7,9-13,15,21,24H,4,6,8,14,16-17H2,1-3H3,(H,29,30)(H2,26,27,28). The summed E-state index contributed by atoms with van der Waals surface area (Å²) < 4.78 is 6.10. The molecule has 3 rings (SSSR count). The summed E-state index contributed by atoms with van der Waals surface area (Å²) in [5, 5.41) is 9.40. The van der Waals surface area contributed by atoms with Gasteiger partial charge in [0.05, 0.1) is 12.6 Å². The normalized spacial score (nSPS) is 19.0. The molecule has 0 saturated carbocycles. The third-order valence-corrected chi connectivity index (χ3v) is 5.64. The van der Waals surface area contributed by atoms with Gasteiger partial charge in [-0.1, -0.05) is 48.9 Å². The monoisotopic (exact) mass is 422 g/mol. The van der Waals surface area contributed by atoms with Crippen LogP contribution in [0.25, 0.3) is 0 Å². The highest BCUT2D eigenvalue weighted by Crippen LogP contribution is 2.33. The number of carbonyl (C=O) groups is 1. The van der Waals surface area contributed by atoms with Crippen molar-refractivity contribution in [2.24, 2.45) is 10.9 Å². The number of aliphatic imine (C=N–C) groups is 1. The molecule has 1 aliphatic rings. The molecule has 2 aromatic rings. The molecule has 2 unspecified atom stereocenters. The molecule has 166 valence electrons. The van der Waals surface area contributed by atoms with Gasteiger partial charge in [0.15, 0.2) is 5.96 Å². The van der Waals surface area contributed by atoms with E-state index in [0.29, 0.717) is 11.9 Å². The molecular weight excluding hydrogens is 388 g/mol. The van der Waals surface area contributed by atoms with E-state index in [2.05, 4.69) is 65.1 Å². The number of carbonyl (C=O) groups excluding carboxylic acids is 1. The van der Waals surface area contributed by atoms with Crippen LogP contribution in [0, 0.1) is 12.8 Å². The topological polar surface area (TPSA) is 74.8 Å². The van der Waals surface area contributed by atoms with Gasteiger partial charge in [-0.05, 0) is 49.4 Å². The second-order valence-electron chi connectivity index (χ2n) is 8.01. The average Bonchev–Trinajstić information content (AvgIpc) is 2.80. The van der Waals surface area contributed by atoms with Crippen molar-refractivity contribution in [1.82, 2.24) is 10.6 Å². The predicted octanol–water partition coefficient (Wildman–Crippen LogP) is 3.83. The number of hydrogen-bond donors (Lipinski definition) is 3. The number of anilines is 1. The van der Waals surface area contributed by atoms with Crippen LogP contribution in [0.15, 0.2) is 53.5 Å². The highest BCUT2D eigenvalue weighted by Gasteiger charge is 2.27. The van der Waals surface area contributed by atoms with Crippen molar-refractivity contribution >= 4 is 17.6 Å². The van der Waals surface area contributed by atoms with E-state index in [9.17, 15) is 4.79 Å². The molecule has 2 atom stereocenters. The van der Waals surface area contributed by atoms with Gasteiger partial charge in [-0.3, -0.25) is 9.79 Å². The van der Waals surface area contributed by atoms with E-state index in [-0.39, 0.29) is 18.6 Å². The van der Waals surface area contributed by atoms with Crippen molar-refractivity contribution < 1.29 is 9.53 Å². The number of nitrogens with one attached hydrogen (secondary N) is 3. The Balaban J connectivity index is 1.49. The zero-order valence-electron chi connectivity index (χ0n) is 18.8. The molecule has 1 saturated heterocycles. The van der Waals surface area contributed by atoms with Crippen LogP contribution >= 0.6 is 0 Å². The zero-order chi connectivity index (χ0) is 22.1. The smallest absolute Gasteiger partial charge is 0.243 e. The summed E-state index contributed by atoms with van der Waals surface area (Å²) in [6.45, 7) is 5.87. The van der Waals surface area contributed by atoms with Crippen molar-refractivity contribution in [3.05, 3.63) is 65.2 Å². The number of nitrogens with zero attached hydrogens (tertiary/aromatic N) is 1. The molecule has 0 spiro atoms. The first-order valence-corrected chi connectivity index (χ1v) is 11.1. The van der Waals surface area contributed by atoms with Gasteiger partial charge in [-0.2, -0.15) is 0 Å². The van der Waals surface area contributed by atoms with E-state index in [0.717, 1.165) is 38.1 Å². The fourth-order valence-electron chi connectivity index (χ4n) is 3.86. The molecule has 1 heterocycles. The van der Waals surface area contributed by atoms with Crippen LogP contribution in [0.1, 0.15) is 42.6 Å². The Morgan fingerprint density at radius 2 is 1.97 bits per heavy atom. The molecular formula is C25H34N4O2. The summed E-state index contributed by atoms with van der Waals surface area (Å²) in [6, 6.07) is 16.5. The molecule has 31 heavy (non-hydrogen) atoms. The van der Waals surface area contributed by atoms with Crippen LogP contribution in [-0.4, -0.2) is 38.6 Å². The van der Waals surface area contributed by atoms with Crippen molar-refractivity contribution in [3.8, 4) is 0 Å². The minimum atomic E-state index is -0.102. The number of guanidine groups is 1. The van der Waals surface area contributed by atoms with Crippen LogP contribution in [0.4, 0.5) is 5.69 Å². The molecule has 0 radical (unpaired) electrons. The molecule has 1 fully saturated rings. The van der Waals surface area contributed by atoms with E-state index in [1.54, 1.807) is 7.05 Å². The summed E-state index contributed by atoms with van der Waals surface area (Å²) in [7, 11) is 1.72. The number of rotatable bonds is 7. The number of amides is 1. The van der Waals surface area contributed by atoms with E-state index < -0.39 is 0 Å². The molecule has 6 heteroatoms. The minimum Gasteiger partial charge on any atom is -0.373 e. The van der Waals surface area contributed by atoms with Gasteiger partial charge in [0.2, 0.25) is 5.91 Å². The van der Waals surface area contributed by atoms with E-state index in [1.165, 1.54) is 16.7 Å². The quantitative estimate of drug-likeness (QED) is 0.468. The van der Waals surface area contributed by atoms with E-state index in [1.807, 2.05) is 18.2 Å².